The van der Waals surface area contributed by atoms with Gasteiger partial charge in [0.2, 0.25) is 5.91 Å². The van der Waals surface area contributed by atoms with Gasteiger partial charge in [0.1, 0.15) is 5.75 Å². The molecule has 1 aliphatic rings. The number of amides is 2. The van der Waals surface area contributed by atoms with Crippen molar-refractivity contribution in [1.82, 2.24) is 15.8 Å². The number of hydrazine groups is 1. The van der Waals surface area contributed by atoms with E-state index in [1.165, 1.54) is 0 Å². The Labute approximate surface area is 130 Å². The number of ether oxygens (including phenoxy) is 1. The Morgan fingerprint density at radius 2 is 1.82 bits per heavy atom. The molecule has 6 nitrogen and oxygen atoms in total. The molecule has 2 rings (SSSR count). The van der Waals surface area contributed by atoms with Crippen molar-refractivity contribution in [3.63, 3.8) is 0 Å². The molecule has 0 saturated carbocycles. The highest BCUT2D eigenvalue weighted by Crippen LogP contribution is 2.10. The molecule has 2 N–H and O–H groups in total. The standard InChI is InChI=1S/C16H21N3O3/c1-13(11-16(21)19-9-5-6-10-19)17-18-15(20)12-22-14-7-3-2-4-8-14/h2-4,7-8,17H,1,5-6,9-12H2,(H,18,20). The first-order valence-corrected chi connectivity index (χ1v) is 7.33. The number of hydrogen-bond donors (Lipinski definition) is 2. The van der Waals surface area contributed by atoms with Gasteiger partial charge in [0.15, 0.2) is 6.61 Å². The van der Waals surface area contributed by atoms with E-state index < -0.39 is 0 Å². The fourth-order valence-corrected chi connectivity index (χ4v) is 2.16. The van der Waals surface area contributed by atoms with Crippen LogP contribution in [0.5, 0.6) is 5.75 Å². The molecule has 0 radical (unpaired) electrons. The predicted octanol–water partition coefficient (Wildman–Crippen LogP) is 1.21. The van der Waals surface area contributed by atoms with E-state index in [4.69, 9.17) is 4.74 Å². The van der Waals surface area contributed by atoms with E-state index in [-0.39, 0.29) is 24.8 Å². The van der Waals surface area contributed by atoms with Crippen molar-refractivity contribution in [2.24, 2.45) is 0 Å². The molecule has 0 bridgehead atoms. The minimum absolute atomic E-state index is 0.0322. The summed E-state index contributed by atoms with van der Waals surface area (Å²) in [4.78, 5) is 25.3. The lowest BCUT2D eigenvalue weighted by atomic mass is 10.3. The summed E-state index contributed by atoms with van der Waals surface area (Å²) in [5.41, 5.74) is 5.58. The first kappa shape index (κ1) is 15.9. The van der Waals surface area contributed by atoms with Gasteiger partial charge in [-0.1, -0.05) is 24.8 Å². The van der Waals surface area contributed by atoms with Gasteiger partial charge in [-0.25, -0.2) is 0 Å². The molecule has 0 spiro atoms. The third kappa shape index (κ3) is 5.12. The van der Waals surface area contributed by atoms with Gasteiger partial charge in [-0.2, -0.15) is 0 Å². The quantitative estimate of drug-likeness (QED) is 0.743. The molecule has 2 amide bonds. The second kappa shape index (κ2) is 8.07. The fourth-order valence-electron chi connectivity index (χ4n) is 2.16. The highest BCUT2D eigenvalue weighted by molar-refractivity contribution is 5.79. The van der Waals surface area contributed by atoms with Crippen molar-refractivity contribution >= 4 is 11.8 Å². The molecule has 0 unspecified atom stereocenters. The molecule has 1 heterocycles. The number of likely N-dealkylation sites (tertiary alicyclic amines) is 1. The molecule has 1 aromatic rings. The lowest BCUT2D eigenvalue weighted by Gasteiger charge is -2.17. The van der Waals surface area contributed by atoms with Crippen molar-refractivity contribution < 1.29 is 14.3 Å². The van der Waals surface area contributed by atoms with Crippen molar-refractivity contribution in [1.29, 1.82) is 0 Å². The molecule has 0 atom stereocenters. The number of para-hydroxylation sites is 1. The van der Waals surface area contributed by atoms with Gasteiger partial charge in [0.05, 0.1) is 6.42 Å². The molecule has 6 heteroatoms. The number of carbonyl (C=O) groups excluding carboxylic acids is 2. The van der Waals surface area contributed by atoms with Gasteiger partial charge < -0.3 is 15.1 Å². The molecule has 1 fully saturated rings. The number of nitrogens with one attached hydrogen (secondary N) is 2. The van der Waals surface area contributed by atoms with Crippen LogP contribution in [-0.4, -0.2) is 36.4 Å². The van der Waals surface area contributed by atoms with Crippen LogP contribution >= 0.6 is 0 Å². The highest BCUT2D eigenvalue weighted by atomic mass is 16.5. The molecule has 0 aliphatic carbocycles. The van der Waals surface area contributed by atoms with E-state index in [2.05, 4.69) is 17.4 Å². The van der Waals surface area contributed by atoms with E-state index in [9.17, 15) is 9.59 Å². The zero-order valence-corrected chi connectivity index (χ0v) is 12.5. The van der Waals surface area contributed by atoms with Gasteiger partial charge in [0, 0.05) is 18.8 Å². The van der Waals surface area contributed by atoms with Crippen LogP contribution < -0.4 is 15.6 Å². The molecule has 0 aromatic heterocycles. The summed E-state index contributed by atoms with van der Waals surface area (Å²) < 4.78 is 5.31. The van der Waals surface area contributed by atoms with Crippen molar-refractivity contribution in [2.75, 3.05) is 19.7 Å². The largest absolute Gasteiger partial charge is 0.484 e. The van der Waals surface area contributed by atoms with Crippen LogP contribution in [0.4, 0.5) is 0 Å². The van der Waals surface area contributed by atoms with Crippen LogP contribution in [0.25, 0.3) is 0 Å². The summed E-state index contributed by atoms with van der Waals surface area (Å²) in [6.07, 6.45) is 2.29. The minimum atomic E-state index is -0.335. The predicted molar refractivity (Wildman–Crippen MR) is 82.8 cm³/mol. The van der Waals surface area contributed by atoms with Crippen LogP contribution in [0, 0.1) is 0 Å². The summed E-state index contributed by atoms with van der Waals surface area (Å²) in [7, 11) is 0. The second-order valence-electron chi connectivity index (χ2n) is 5.14. The van der Waals surface area contributed by atoms with Crippen LogP contribution in [0.1, 0.15) is 19.3 Å². The molecule has 1 aliphatic heterocycles. The lowest BCUT2D eigenvalue weighted by molar-refractivity contribution is -0.130. The summed E-state index contributed by atoms with van der Waals surface area (Å²) in [6, 6.07) is 9.08. The Morgan fingerprint density at radius 3 is 2.50 bits per heavy atom. The zero-order valence-electron chi connectivity index (χ0n) is 12.5. The Kier molecular flexibility index (Phi) is 5.82. The van der Waals surface area contributed by atoms with Crippen LogP contribution in [0.15, 0.2) is 42.6 Å². The van der Waals surface area contributed by atoms with Gasteiger partial charge in [-0.3, -0.25) is 15.0 Å². The molecular formula is C16H21N3O3. The Morgan fingerprint density at radius 1 is 1.14 bits per heavy atom. The molecule has 118 valence electrons. The third-order valence-electron chi connectivity index (χ3n) is 3.32. The topological polar surface area (TPSA) is 70.7 Å². The fraction of sp³-hybridized carbons (Fsp3) is 0.375. The van der Waals surface area contributed by atoms with Gasteiger partial charge >= 0.3 is 0 Å². The number of nitrogens with zero attached hydrogens (tertiary/aromatic N) is 1. The minimum Gasteiger partial charge on any atom is -0.484 e. The molecular weight excluding hydrogens is 282 g/mol. The normalized spacial score (nSPS) is 13.5. The Bertz CT molecular complexity index is 525. The van der Waals surface area contributed by atoms with E-state index >= 15 is 0 Å². The number of benzene rings is 1. The van der Waals surface area contributed by atoms with Crippen molar-refractivity contribution in [3.05, 3.63) is 42.6 Å². The summed E-state index contributed by atoms with van der Waals surface area (Å²) in [6.45, 7) is 5.25. The van der Waals surface area contributed by atoms with Crippen LogP contribution in [0.2, 0.25) is 0 Å². The summed E-state index contributed by atoms with van der Waals surface area (Å²) in [5.74, 6) is 0.323. The van der Waals surface area contributed by atoms with Crippen LogP contribution in [-0.2, 0) is 9.59 Å². The first-order chi connectivity index (χ1) is 10.6. The first-order valence-electron chi connectivity index (χ1n) is 7.33. The molecule has 22 heavy (non-hydrogen) atoms. The van der Waals surface area contributed by atoms with E-state index in [1.807, 2.05) is 23.1 Å². The van der Waals surface area contributed by atoms with Gasteiger partial charge in [-0.15, -0.1) is 0 Å². The van der Waals surface area contributed by atoms with E-state index in [0.29, 0.717) is 11.4 Å². The Balaban J connectivity index is 1.63. The highest BCUT2D eigenvalue weighted by Gasteiger charge is 2.18. The Hall–Kier alpha value is -2.50. The van der Waals surface area contributed by atoms with Crippen molar-refractivity contribution in [3.8, 4) is 5.75 Å². The van der Waals surface area contributed by atoms with Gasteiger partial charge in [-0.05, 0) is 25.0 Å². The monoisotopic (exact) mass is 303 g/mol. The maximum absolute atomic E-state index is 11.9. The number of rotatable bonds is 7. The van der Waals surface area contributed by atoms with Crippen LogP contribution in [0.3, 0.4) is 0 Å². The average molecular weight is 303 g/mol. The number of carbonyl (C=O) groups is 2. The lowest BCUT2D eigenvalue weighted by Crippen LogP contribution is -2.40. The maximum atomic E-state index is 11.9. The summed E-state index contributed by atoms with van der Waals surface area (Å²) in [5, 5.41) is 0. The number of hydrogen-bond acceptors (Lipinski definition) is 4. The van der Waals surface area contributed by atoms with Crippen molar-refractivity contribution in [2.45, 2.75) is 19.3 Å². The third-order valence-corrected chi connectivity index (χ3v) is 3.32. The van der Waals surface area contributed by atoms with E-state index in [1.54, 1.807) is 12.1 Å². The van der Waals surface area contributed by atoms with E-state index in [0.717, 1.165) is 25.9 Å². The summed E-state index contributed by atoms with van der Waals surface area (Å²) >= 11 is 0. The average Bonchev–Trinajstić information content (AvgIpc) is 3.06. The maximum Gasteiger partial charge on any atom is 0.276 e. The van der Waals surface area contributed by atoms with Gasteiger partial charge in [0.25, 0.3) is 5.91 Å². The molecule has 1 saturated heterocycles. The zero-order chi connectivity index (χ0) is 15.8. The SMILES string of the molecule is C=C(CC(=O)N1CCCC1)NNC(=O)COc1ccccc1. The molecule has 1 aromatic carbocycles. The smallest absolute Gasteiger partial charge is 0.276 e. The second-order valence-corrected chi connectivity index (χ2v) is 5.14.